The van der Waals surface area contributed by atoms with E-state index in [1.165, 1.54) is 12.8 Å². The van der Waals surface area contributed by atoms with E-state index in [1.54, 1.807) is 0 Å². The number of thiocarbonyl (C=S) groups is 1. The number of hydrogen-bond acceptors (Lipinski definition) is 3. The molecule has 0 aromatic carbocycles. The van der Waals surface area contributed by atoms with Crippen LogP contribution in [-0.4, -0.2) is 42.0 Å². The first-order valence-corrected chi connectivity index (χ1v) is 8.09. The third-order valence-electron chi connectivity index (χ3n) is 5.42. The molecular weight excluding hydrogens is 270 g/mol. The molecule has 2 aliphatic rings. The van der Waals surface area contributed by atoms with Crippen molar-refractivity contribution in [1.29, 1.82) is 0 Å². The number of nitrogens with zero attached hydrogens (tertiary/aromatic N) is 1. The second-order valence-corrected chi connectivity index (χ2v) is 7.10. The molecule has 1 amide bonds. The summed E-state index contributed by atoms with van der Waals surface area (Å²) in [6.07, 6.45) is 8.44. The quantitative estimate of drug-likeness (QED) is 0.760. The van der Waals surface area contributed by atoms with Gasteiger partial charge in [-0.15, -0.1) is 0 Å². The van der Waals surface area contributed by atoms with E-state index < -0.39 is 5.41 Å². The van der Waals surface area contributed by atoms with Gasteiger partial charge < -0.3 is 16.0 Å². The zero-order valence-corrected chi connectivity index (χ0v) is 13.5. The highest BCUT2D eigenvalue weighted by molar-refractivity contribution is 7.80. The van der Waals surface area contributed by atoms with Crippen molar-refractivity contribution in [2.45, 2.75) is 56.9 Å². The molecule has 2 saturated carbocycles. The van der Waals surface area contributed by atoms with Crippen molar-refractivity contribution in [3.05, 3.63) is 0 Å². The highest BCUT2D eigenvalue weighted by Crippen LogP contribution is 2.38. The number of nitrogens with one attached hydrogen (secondary N) is 1. The van der Waals surface area contributed by atoms with Crippen LogP contribution in [0.4, 0.5) is 0 Å². The maximum absolute atomic E-state index is 12.7. The fourth-order valence-electron chi connectivity index (χ4n) is 3.52. The van der Waals surface area contributed by atoms with E-state index in [0.29, 0.717) is 11.5 Å². The van der Waals surface area contributed by atoms with E-state index in [2.05, 4.69) is 24.3 Å². The molecule has 0 spiro atoms. The van der Waals surface area contributed by atoms with Crippen LogP contribution in [-0.2, 0) is 4.79 Å². The average molecular weight is 297 g/mol. The molecule has 0 radical (unpaired) electrons. The first-order valence-electron chi connectivity index (χ1n) is 7.69. The molecule has 0 atom stereocenters. The van der Waals surface area contributed by atoms with Gasteiger partial charge in [-0.2, -0.15) is 0 Å². The van der Waals surface area contributed by atoms with Gasteiger partial charge in [0.2, 0.25) is 5.91 Å². The van der Waals surface area contributed by atoms with Gasteiger partial charge in [-0.05, 0) is 46.2 Å². The van der Waals surface area contributed by atoms with Gasteiger partial charge >= 0.3 is 0 Å². The number of hydrogen-bond donors (Lipinski definition) is 2. The normalized spacial score (nSPS) is 23.9. The topological polar surface area (TPSA) is 58.4 Å². The highest BCUT2D eigenvalue weighted by Gasteiger charge is 2.44. The largest absolute Gasteiger partial charge is 0.392 e. The van der Waals surface area contributed by atoms with Crippen molar-refractivity contribution in [2.75, 3.05) is 20.6 Å². The third-order valence-corrected chi connectivity index (χ3v) is 5.82. The molecule has 2 rings (SSSR count). The van der Waals surface area contributed by atoms with Gasteiger partial charge in [0.1, 0.15) is 0 Å². The van der Waals surface area contributed by atoms with E-state index in [1.807, 2.05) is 0 Å². The maximum Gasteiger partial charge on any atom is 0.233 e. The highest BCUT2D eigenvalue weighted by atomic mass is 32.1. The first-order chi connectivity index (χ1) is 9.43. The van der Waals surface area contributed by atoms with Crippen molar-refractivity contribution in [3.63, 3.8) is 0 Å². The lowest BCUT2D eigenvalue weighted by molar-refractivity contribution is -0.129. The van der Waals surface area contributed by atoms with Gasteiger partial charge in [-0.25, -0.2) is 0 Å². The molecule has 4 nitrogen and oxygen atoms in total. The second-order valence-electron chi connectivity index (χ2n) is 6.66. The van der Waals surface area contributed by atoms with Crippen molar-refractivity contribution in [3.8, 4) is 0 Å². The number of amides is 1. The average Bonchev–Trinajstić information content (AvgIpc) is 2.37. The molecule has 0 saturated heterocycles. The van der Waals surface area contributed by atoms with Gasteiger partial charge in [0.05, 0.1) is 10.4 Å². The molecular formula is C15H27N3OS. The Morgan fingerprint density at radius 3 is 2.15 bits per heavy atom. The summed E-state index contributed by atoms with van der Waals surface area (Å²) in [4.78, 5) is 15.3. The van der Waals surface area contributed by atoms with Crippen LogP contribution in [0.15, 0.2) is 0 Å². The molecule has 0 aliphatic heterocycles. The minimum absolute atomic E-state index is 0.0535. The van der Waals surface area contributed by atoms with E-state index >= 15 is 0 Å². The summed E-state index contributed by atoms with van der Waals surface area (Å²) in [5, 5.41) is 3.15. The fourth-order valence-corrected chi connectivity index (χ4v) is 3.82. The van der Waals surface area contributed by atoms with Crippen molar-refractivity contribution in [1.82, 2.24) is 10.2 Å². The summed E-state index contributed by atoms with van der Waals surface area (Å²) in [6.45, 7) is 0.712. The van der Waals surface area contributed by atoms with Crippen LogP contribution >= 0.6 is 12.2 Å². The summed E-state index contributed by atoms with van der Waals surface area (Å²) in [7, 11) is 4.19. The predicted molar refractivity (Wildman–Crippen MR) is 85.6 cm³/mol. The summed E-state index contributed by atoms with van der Waals surface area (Å²) in [5.41, 5.74) is 5.46. The van der Waals surface area contributed by atoms with Crippen LogP contribution in [0.2, 0.25) is 0 Å². The van der Waals surface area contributed by atoms with Crippen molar-refractivity contribution < 1.29 is 4.79 Å². The van der Waals surface area contributed by atoms with Crippen LogP contribution in [0.1, 0.15) is 51.4 Å². The van der Waals surface area contributed by atoms with Crippen molar-refractivity contribution in [2.24, 2.45) is 11.1 Å². The summed E-state index contributed by atoms with van der Waals surface area (Å²) < 4.78 is 0. The maximum atomic E-state index is 12.7. The van der Waals surface area contributed by atoms with Gasteiger partial charge in [-0.3, -0.25) is 4.79 Å². The SMILES string of the molecule is CN(C)C1(CNC(=O)C2(C(N)=S)CCCCC2)CCC1. The summed E-state index contributed by atoms with van der Waals surface area (Å²) >= 11 is 5.21. The number of rotatable bonds is 5. The predicted octanol–water partition coefficient (Wildman–Crippen LogP) is 1.82. The zero-order valence-electron chi connectivity index (χ0n) is 12.7. The molecule has 20 heavy (non-hydrogen) atoms. The Kier molecular flexibility index (Phi) is 4.69. The number of nitrogens with two attached hydrogens (primary N) is 1. The molecule has 0 unspecified atom stereocenters. The second kappa shape index (κ2) is 5.98. The van der Waals surface area contributed by atoms with E-state index in [9.17, 15) is 4.79 Å². The van der Waals surface area contributed by atoms with Gasteiger partial charge in [0.25, 0.3) is 0 Å². The smallest absolute Gasteiger partial charge is 0.233 e. The first kappa shape index (κ1) is 15.7. The molecule has 2 aliphatic carbocycles. The fraction of sp³-hybridized carbons (Fsp3) is 0.867. The van der Waals surface area contributed by atoms with Crippen LogP contribution < -0.4 is 11.1 Å². The lowest BCUT2D eigenvalue weighted by Gasteiger charge is -2.48. The number of carbonyl (C=O) groups excluding carboxylic acids is 1. The van der Waals surface area contributed by atoms with Crippen LogP contribution in [0.5, 0.6) is 0 Å². The van der Waals surface area contributed by atoms with E-state index in [-0.39, 0.29) is 11.4 Å². The Hall–Kier alpha value is -0.680. The molecule has 5 heteroatoms. The molecule has 0 aromatic heterocycles. The van der Waals surface area contributed by atoms with Crippen LogP contribution in [0.25, 0.3) is 0 Å². The zero-order chi connectivity index (χ0) is 14.8. The lowest BCUT2D eigenvalue weighted by atomic mass is 9.72. The van der Waals surface area contributed by atoms with E-state index in [0.717, 1.165) is 38.5 Å². The molecule has 0 heterocycles. The minimum atomic E-state index is -0.592. The molecule has 3 N–H and O–H groups in total. The van der Waals surface area contributed by atoms with Crippen molar-refractivity contribution >= 4 is 23.1 Å². The van der Waals surface area contributed by atoms with E-state index in [4.69, 9.17) is 18.0 Å². The van der Waals surface area contributed by atoms with Crippen LogP contribution in [0, 0.1) is 5.41 Å². The molecule has 2 fully saturated rings. The third kappa shape index (κ3) is 2.70. The van der Waals surface area contributed by atoms with Gasteiger partial charge in [0, 0.05) is 12.1 Å². The molecule has 114 valence electrons. The van der Waals surface area contributed by atoms with Gasteiger partial charge in [0.15, 0.2) is 0 Å². The Morgan fingerprint density at radius 1 is 1.15 bits per heavy atom. The summed E-state index contributed by atoms with van der Waals surface area (Å²) in [6, 6.07) is 0. The summed E-state index contributed by atoms with van der Waals surface area (Å²) in [5.74, 6) is 0.0535. The monoisotopic (exact) mass is 297 g/mol. The Balaban J connectivity index is 2.01. The Labute approximate surface area is 127 Å². The molecule has 0 aromatic rings. The van der Waals surface area contributed by atoms with Gasteiger partial charge in [-0.1, -0.05) is 31.5 Å². The minimum Gasteiger partial charge on any atom is -0.392 e. The lowest BCUT2D eigenvalue weighted by Crippen LogP contribution is -2.60. The Bertz CT molecular complexity index is 385. The standard InChI is InChI=1S/C15H27N3OS/c1-18(2)14(7-6-8-14)11-17-13(19)15(12(16)20)9-4-3-5-10-15/h3-11H2,1-2H3,(H2,16,20)(H,17,19). The van der Waals surface area contributed by atoms with Crippen LogP contribution in [0.3, 0.4) is 0 Å². The number of likely N-dealkylation sites (N-methyl/N-ethyl adjacent to an activating group) is 1. The molecule has 0 bridgehead atoms. The Morgan fingerprint density at radius 2 is 1.75 bits per heavy atom. The number of carbonyl (C=O) groups is 1.